The summed E-state index contributed by atoms with van der Waals surface area (Å²) in [4.78, 5) is 35.2. The Balaban J connectivity index is 2.35. The van der Waals surface area contributed by atoms with E-state index in [1.54, 1.807) is 12.1 Å². The molecular weight excluding hydrogens is 264 g/mol. The number of methoxy groups -OCH3 is 1. The quantitative estimate of drug-likeness (QED) is 0.790. The van der Waals surface area contributed by atoms with Gasteiger partial charge in [-0.15, -0.1) is 0 Å². The lowest BCUT2D eigenvalue weighted by Gasteiger charge is -2.14. The number of carbonyl (C=O) groups excluding carboxylic acids is 2. The van der Waals surface area contributed by atoms with E-state index in [0.717, 1.165) is 5.56 Å². The van der Waals surface area contributed by atoms with Gasteiger partial charge in [-0.2, -0.15) is 0 Å². The first-order valence-electron chi connectivity index (χ1n) is 5.92. The van der Waals surface area contributed by atoms with Gasteiger partial charge < -0.3 is 15.2 Å². The minimum Gasteiger partial charge on any atom is -0.496 e. The largest absolute Gasteiger partial charge is 0.496 e. The highest BCUT2D eigenvalue weighted by molar-refractivity contribution is 6.06. The van der Waals surface area contributed by atoms with Gasteiger partial charge in [0, 0.05) is 5.56 Å². The van der Waals surface area contributed by atoms with Gasteiger partial charge in [0.05, 0.1) is 7.11 Å². The number of carbonyl (C=O) groups is 3. The van der Waals surface area contributed by atoms with Crippen LogP contribution in [0, 0.1) is 6.92 Å². The van der Waals surface area contributed by atoms with Crippen LogP contribution in [0.5, 0.6) is 5.75 Å². The first-order valence-corrected chi connectivity index (χ1v) is 5.92. The lowest BCUT2D eigenvalue weighted by Crippen LogP contribution is -2.35. The molecule has 0 spiro atoms. The second-order valence-electron chi connectivity index (χ2n) is 4.45. The minimum absolute atomic E-state index is 0.464. The molecule has 1 heterocycles. The zero-order chi connectivity index (χ0) is 14.9. The second kappa shape index (κ2) is 5.20. The van der Waals surface area contributed by atoms with Crippen molar-refractivity contribution in [3.05, 3.63) is 29.3 Å². The number of urea groups is 1. The Morgan fingerprint density at radius 3 is 2.75 bits per heavy atom. The third-order valence-electron chi connectivity index (χ3n) is 3.02. The molecule has 7 heteroatoms. The van der Waals surface area contributed by atoms with Crippen LogP contribution >= 0.6 is 0 Å². The Bertz CT molecular complexity index is 584. The van der Waals surface area contributed by atoms with Crippen molar-refractivity contribution in [2.24, 2.45) is 0 Å². The number of rotatable bonds is 4. The van der Waals surface area contributed by atoms with E-state index in [1.807, 2.05) is 13.0 Å². The average molecular weight is 278 g/mol. The number of aliphatic carboxylic acids is 1. The van der Waals surface area contributed by atoms with Crippen LogP contribution in [-0.2, 0) is 9.59 Å². The standard InChI is InChI=1S/C13H14N2O5/c1-7-3-4-9(20-2)8(5-7)11-12(18)15(6-10(16)17)13(19)14-11/h3-5,11H,6H2,1-2H3,(H,14,19)(H,16,17). The number of carboxylic acids is 1. The van der Waals surface area contributed by atoms with Gasteiger partial charge in [0.15, 0.2) is 0 Å². The number of ether oxygens (including phenoxy) is 1. The number of carboxylic acid groups (broad SMARTS) is 1. The molecule has 1 aliphatic rings. The van der Waals surface area contributed by atoms with E-state index >= 15 is 0 Å². The number of benzene rings is 1. The Hall–Kier alpha value is -2.57. The van der Waals surface area contributed by atoms with Gasteiger partial charge in [-0.05, 0) is 19.1 Å². The summed E-state index contributed by atoms with van der Waals surface area (Å²) < 4.78 is 5.17. The maximum Gasteiger partial charge on any atom is 0.325 e. The van der Waals surface area contributed by atoms with Crippen molar-refractivity contribution in [3.8, 4) is 5.75 Å². The molecule has 1 fully saturated rings. The first-order chi connectivity index (χ1) is 9.43. The van der Waals surface area contributed by atoms with Crippen molar-refractivity contribution in [3.63, 3.8) is 0 Å². The van der Waals surface area contributed by atoms with E-state index in [1.165, 1.54) is 7.11 Å². The summed E-state index contributed by atoms with van der Waals surface area (Å²) in [5.74, 6) is -1.38. The van der Waals surface area contributed by atoms with Gasteiger partial charge in [0.1, 0.15) is 18.3 Å². The molecular formula is C13H14N2O5. The first kappa shape index (κ1) is 13.9. The topological polar surface area (TPSA) is 95.9 Å². The molecule has 106 valence electrons. The summed E-state index contributed by atoms with van der Waals surface area (Å²) in [6.45, 7) is 1.19. The summed E-state index contributed by atoms with van der Waals surface area (Å²) >= 11 is 0. The molecule has 20 heavy (non-hydrogen) atoms. The van der Waals surface area contributed by atoms with E-state index in [0.29, 0.717) is 16.2 Å². The number of amides is 3. The van der Waals surface area contributed by atoms with Gasteiger partial charge in [0.25, 0.3) is 5.91 Å². The molecule has 1 saturated heterocycles. The molecule has 0 bridgehead atoms. The third kappa shape index (κ3) is 2.42. The second-order valence-corrected chi connectivity index (χ2v) is 4.45. The van der Waals surface area contributed by atoms with Crippen LogP contribution in [0.4, 0.5) is 4.79 Å². The fourth-order valence-electron chi connectivity index (χ4n) is 2.09. The van der Waals surface area contributed by atoms with Crippen LogP contribution in [0.3, 0.4) is 0 Å². The predicted molar refractivity (Wildman–Crippen MR) is 68.4 cm³/mol. The van der Waals surface area contributed by atoms with Crippen molar-refractivity contribution in [2.45, 2.75) is 13.0 Å². The molecule has 1 aliphatic heterocycles. The number of nitrogens with zero attached hydrogens (tertiary/aromatic N) is 1. The van der Waals surface area contributed by atoms with Gasteiger partial charge >= 0.3 is 12.0 Å². The fraction of sp³-hybridized carbons (Fsp3) is 0.308. The number of aryl methyl sites for hydroxylation is 1. The van der Waals surface area contributed by atoms with Crippen molar-refractivity contribution in [1.82, 2.24) is 10.2 Å². The normalized spacial score (nSPS) is 18.1. The smallest absolute Gasteiger partial charge is 0.325 e. The molecule has 0 aromatic heterocycles. The van der Waals surface area contributed by atoms with Crippen LogP contribution in [0.25, 0.3) is 0 Å². The summed E-state index contributed by atoms with van der Waals surface area (Å²) in [5, 5.41) is 11.2. The Morgan fingerprint density at radius 1 is 1.45 bits per heavy atom. The maximum atomic E-state index is 12.2. The highest BCUT2D eigenvalue weighted by atomic mass is 16.5. The maximum absolute atomic E-state index is 12.2. The molecule has 1 aromatic rings. The van der Waals surface area contributed by atoms with Crippen molar-refractivity contribution >= 4 is 17.9 Å². The lowest BCUT2D eigenvalue weighted by molar-refractivity contribution is -0.141. The summed E-state index contributed by atoms with van der Waals surface area (Å²) in [6.07, 6.45) is 0. The zero-order valence-electron chi connectivity index (χ0n) is 11.0. The van der Waals surface area contributed by atoms with Gasteiger partial charge in [-0.1, -0.05) is 11.6 Å². The van der Waals surface area contributed by atoms with Crippen LogP contribution < -0.4 is 10.1 Å². The van der Waals surface area contributed by atoms with Crippen molar-refractivity contribution in [2.75, 3.05) is 13.7 Å². The molecule has 0 radical (unpaired) electrons. The average Bonchev–Trinajstić information content (AvgIpc) is 2.66. The Labute approximate surface area is 115 Å². The van der Waals surface area contributed by atoms with E-state index < -0.39 is 30.5 Å². The molecule has 3 amide bonds. The monoisotopic (exact) mass is 278 g/mol. The molecule has 1 unspecified atom stereocenters. The summed E-state index contributed by atoms with van der Waals surface area (Å²) in [5.41, 5.74) is 1.42. The van der Waals surface area contributed by atoms with Crippen LogP contribution in [0.2, 0.25) is 0 Å². The number of hydrogen-bond donors (Lipinski definition) is 2. The summed E-state index contributed by atoms with van der Waals surface area (Å²) in [7, 11) is 1.46. The molecule has 0 saturated carbocycles. The third-order valence-corrected chi connectivity index (χ3v) is 3.02. The van der Waals surface area contributed by atoms with Crippen LogP contribution in [0.1, 0.15) is 17.2 Å². The van der Waals surface area contributed by atoms with Gasteiger partial charge in [-0.25, -0.2) is 4.79 Å². The number of nitrogens with one attached hydrogen (secondary N) is 1. The minimum atomic E-state index is -1.25. The van der Waals surface area contributed by atoms with Gasteiger partial charge in [-0.3, -0.25) is 14.5 Å². The van der Waals surface area contributed by atoms with Crippen molar-refractivity contribution < 1.29 is 24.2 Å². The fourth-order valence-corrected chi connectivity index (χ4v) is 2.09. The Morgan fingerprint density at radius 2 is 2.15 bits per heavy atom. The number of imide groups is 1. The molecule has 7 nitrogen and oxygen atoms in total. The zero-order valence-corrected chi connectivity index (χ0v) is 11.0. The van der Waals surface area contributed by atoms with Crippen LogP contribution in [-0.4, -0.2) is 41.6 Å². The predicted octanol–water partition coefficient (Wildman–Crippen LogP) is 0.681. The SMILES string of the molecule is COc1ccc(C)cc1C1NC(=O)N(CC(=O)O)C1=O. The van der Waals surface area contributed by atoms with Crippen LogP contribution in [0.15, 0.2) is 18.2 Å². The highest BCUT2D eigenvalue weighted by Crippen LogP contribution is 2.30. The highest BCUT2D eigenvalue weighted by Gasteiger charge is 2.41. The molecule has 0 aliphatic carbocycles. The van der Waals surface area contributed by atoms with E-state index in [4.69, 9.17) is 9.84 Å². The van der Waals surface area contributed by atoms with E-state index in [-0.39, 0.29) is 0 Å². The van der Waals surface area contributed by atoms with E-state index in [2.05, 4.69) is 5.32 Å². The number of hydrogen-bond acceptors (Lipinski definition) is 4. The lowest BCUT2D eigenvalue weighted by atomic mass is 10.0. The molecule has 1 aromatic carbocycles. The molecule has 1 atom stereocenters. The van der Waals surface area contributed by atoms with Crippen molar-refractivity contribution in [1.29, 1.82) is 0 Å². The molecule has 2 N–H and O–H groups in total. The van der Waals surface area contributed by atoms with E-state index in [9.17, 15) is 14.4 Å². The van der Waals surface area contributed by atoms with Gasteiger partial charge in [0.2, 0.25) is 0 Å². The summed E-state index contributed by atoms with van der Waals surface area (Å²) in [6, 6.07) is 3.61. The molecule has 2 rings (SSSR count). The Kier molecular flexibility index (Phi) is 3.60.